The molecule has 1 saturated heterocycles. The number of fused-ring (bicyclic) bond motifs is 1. The Bertz CT molecular complexity index is 680. The highest BCUT2D eigenvalue weighted by atomic mass is 16.6. The number of nitrogens with zero attached hydrogens (tertiary/aromatic N) is 1. The molecule has 2 aliphatic rings. The Morgan fingerprint density at radius 3 is 2.65 bits per heavy atom. The van der Waals surface area contributed by atoms with Crippen LogP contribution in [0.1, 0.15) is 50.0 Å². The lowest BCUT2D eigenvalue weighted by molar-refractivity contribution is -0.140. The second kappa shape index (κ2) is 7.39. The van der Waals surface area contributed by atoms with Gasteiger partial charge in [-0.3, -0.25) is 4.79 Å². The smallest absolute Gasteiger partial charge is 0.339 e. The van der Waals surface area contributed by atoms with Crippen LogP contribution in [-0.2, 0) is 16.0 Å². The molecule has 2 heterocycles. The molecule has 1 N–H and O–H groups in total. The van der Waals surface area contributed by atoms with E-state index in [0.29, 0.717) is 23.8 Å². The highest BCUT2D eigenvalue weighted by Crippen LogP contribution is 2.28. The van der Waals surface area contributed by atoms with Crippen molar-refractivity contribution in [2.24, 2.45) is 11.8 Å². The van der Waals surface area contributed by atoms with Gasteiger partial charge in [0.15, 0.2) is 5.60 Å². The van der Waals surface area contributed by atoms with Crippen LogP contribution < -0.4 is 5.32 Å². The van der Waals surface area contributed by atoms with E-state index >= 15 is 0 Å². The molecule has 0 bridgehead atoms. The Balaban J connectivity index is 1.61. The third kappa shape index (κ3) is 4.09. The summed E-state index contributed by atoms with van der Waals surface area (Å²) >= 11 is 0. The maximum absolute atomic E-state index is 12.8. The van der Waals surface area contributed by atoms with Gasteiger partial charge in [0.25, 0.3) is 5.91 Å². The number of nitrogens with one attached hydrogen (secondary N) is 1. The second-order valence-electron chi connectivity index (χ2n) is 8.49. The zero-order valence-electron chi connectivity index (χ0n) is 16.2. The molecule has 142 valence electrons. The monoisotopic (exact) mass is 358 g/mol. The number of likely N-dealkylation sites (tertiary alicyclic amines) is 1. The van der Waals surface area contributed by atoms with Gasteiger partial charge >= 0.3 is 5.97 Å². The van der Waals surface area contributed by atoms with Gasteiger partial charge < -0.3 is 15.0 Å². The van der Waals surface area contributed by atoms with Crippen LogP contribution in [-0.4, -0.2) is 48.1 Å². The summed E-state index contributed by atoms with van der Waals surface area (Å²) in [6.07, 6.45) is 1.68. The Kier molecular flexibility index (Phi) is 5.37. The first-order valence-corrected chi connectivity index (χ1v) is 9.61. The highest BCUT2D eigenvalue weighted by molar-refractivity contribution is 5.97. The maximum Gasteiger partial charge on any atom is 0.339 e. The largest absolute Gasteiger partial charge is 0.445 e. The van der Waals surface area contributed by atoms with E-state index in [9.17, 15) is 9.59 Å². The van der Waals surface area contributed by atoms with E-state index in [2.05, 4.69) is 24.1 Å². The fourth-order valence-electron chi connectivity index (χ4n) is 4.41. The number of amides is 1. The highest BCUT2D eigenvalue weighted by Gasteiger charge is 2.43. The predicted octanol–water partition coefficient (Wildman–Crippen LogP) is 2.64. The number of benzene rings is 1. The van der Waals surface area contributed by atoms with Gasteiger partial charge in [0.2, 0.25) is 0 Å². The standard InChI is InChI=1S/C21H30N2O3/c1-14-9-15(2)12-23(11-14)13-16(3)22-20(25)21(4)10-17-7-5-6-8-18(17)19(24)26-21/h5-8,14-16H,9-13H2,1-4H3,(H,22,25). The van der Waals surface area contributed by atoms with Gasteiger partial charge in [-0.25, -0.2) is 4.79 Å². The zero-order valence-corrected chi connectivity index (χ0v) is 16.2. The SMILES string of the molecule is CC1CC(C)CN(CC(C)NC(=O)C2(C)Cc3ccccc3C(=O)O2)C1. The van der Waals surface area contributed by atoms with Crippen molar-refractivity contribution in [2.75, 3.05) is 19.6 Å². The average Bonchev–Trinajstić information content (AvgIpc) is 2.53. The van der Waals surface area contributed by atoms with Crippen LogP contribution in [0.15, 0.2) is 24.3 Å². The maximum atomic E-state index is 12.8. The Labute approximate surface area is 156 Å². The van der Waals surface area contributed by atoms with Crippen LogP contribution in [0.4, 0.5) is 0 Å². The lowest BCUT2D eigenvalue weighted by atomic mass is 9.89. The van der Waals surface area contributed by atoms with Crippen molar-refractivity contribution in [3.05, 3.63) is 35.4 Å². The predicted molar refractivity (Wildman–Crippen MR) is 101 cm³/mol. The van der Waals surface area contributed by atoms with Crippen LogP contribution >= 0.6 is 0 Å². The number of hydrogen-bond donors (Lipinski definition) is 1. The normalized spacial score (nSPS) is 30.2. The van der Waals surface area contributed by atoms with Crippen LogP contribution in [0, 0.1) is 11.8 Å². The number of carbonyl (C=O) groups is 2. The number of hydrogen-bond acceptors (Lipinski definition) is 4. The quantitative estimate of drug-likeness (QED) is 0.841. The van der Waals surface area contributed by atoms with Gasteiger partial charge in [-0.05, 0) is 43.7 Å². The van der Waals surface area contributed by atoms with Crippen molar-refractivity contribution in [3.8, 4) is 0 Å². The average molecular weight is 358 g/mol. The summed E-state index contributed by atoms with van der Waals surface area (Å²) in [4.78, 5) is 27.5. The molecule has 1 aromatic carbocycles. The minimum Gasteiger partial charge on any atom is -0.445 e. The van der Waals surface area contributed by atoms with Gasteiger partial charge in [-0.15, -0.1) is 0 Å². The molecule has 4 atom stereocenters. The molecule has 5 nitrogen and oxygen atoms in total. The summed E-state index contributed by atoms with van der Waals surface area (Å²) in [5.41, 5.74) is 0.275. The lowest BCUT2D eigenvalue weighted by Gasteiger charge is -2.38. The van der Waals surface area contributed by atoms with Crippen LogP contribution in [0.2, 0.25) is 0 Å². The van der Waals surface area contributed by atoms with Crippen molar-refractivity contribution in [3.63, 3.8) is 0 Å². The summed E-state index contributed by atoms with van der Waals surface area (Å²) in [5.74, 6) is 0.742. The molecule has 0 aliphatic carbocycles. The minimum absolute atomic E-state index is 0.00713. The summed E-state index contributed by atoms with van der Waals surface area (Å²) in [5, 5.41) is 3.06. The van der Waals surface area contributed by atoms with Crippen LogP contribution in [0.5, 0.6) is 0 Å². The van der Waals surface area contributed by atoms with E-state index in [1.807, 2.05) is 25.1 Å². The number of esters is 1. The van der Waals surface area contributed by atoms with Gasteiger partial charge in [0.05, 0.1) is 5.56 Å². The summed E-state index contributed by atoms with van der Waals surface area (Å²) in [6, 6.07) is 7.34. The molecule has 0 aromatic heterocycles. The first-order valence-electron chi connectivity index (χ1n) is 9.61. The van der Waals surface area contributed by atoms with Crippen LogP contribution in [0.3, 0.4) is 0 Å². The van der Waals surface area contributed by atoms with E-state index < -0.39 is 11.6 Å². The molecule has 5 heteroatoms. The molecule has 0 radical (unpaired) electrons. The summed E-state index contributed by atoms with van der Waals surface area (Å²) < 4.78 is 5.52. The van der Waals surface area contributed by atoms with Crippen molar-refractivity contribution >= 4 is 11.9 Å². The van der Waals surface area contributed by atoms with Crippen molar-refractivity contribution in [1.82, 2.24) is 10.2 Å². The fourth-order valence-corrected chi connectivity index (χ4v) is 4.41. The zero-order chi connectivity index (χ0) is 18.9. The van der Waals surface area contributed by atoms with Crippen molar-refractivity contribution < 1.29 is 14.3 Å². The van der Waals surface area contributed by atoms with E-state index in [-0.39, 0.29) is 11.9 Å². The molecule has 26 heavy (non-hydrogen) atoms. The van der Waals surface area contributed by atoms with Crippen LogP contribution in [0.25, 0.3) is 0 Å². The Morgan fingerprint density at radius 1 is 1.31 bits per heavy atom. The fraction of sp³-hybridized carbons (Fsp3) is 0.619. The number of carbonyl (C=O) groups excluding carboxylic acids is 2. The number of rotatable bonds is 4. The molecule has 1 amide bonds. The molecule has 0 spiro atoms. The molecule has 1 aromatic rings. The molecule has 2 aliphatic heterocycles. The third-order valence-corrected chi connectivity index (χ3v) is 5.42. The summed E-state index contributed by atoms with van der Waals surface area (Å²) in [6.45, 7) is 11.3. The summed E-state index contributed by atoms with van der Waals surface area (Å²) in [7, 11) is 0. The second-order valence-corrected chi connectivity index (χ2v) is 8.49. The minimum atomic E-state index is -1.15. The Morgan fingerprint density at radius 2 is 1.96 bits per heavy atom. The number of cyclic esters (lactones) is 1. The van der Waals surface area contributed by atoms with Gasteiger partial charge in [-0.2, -0.15) is 0 Å². The molecular weight excluding hydrogens is 328 g/mol. The lowest BCUT2D eigenvalue weighted by Crippen LogP contribution is -2.55. The number of piperidine rings is 1. The molecule has 1 fully saturated rings. The van der Waals surface area contributed by atoms with E-state index in [4.69, 9.17) is 4.74 Å². The molecule has 0 saturated carbocycles. The molecule has 3 rings (SSSR count). The first-order chi connectivity index (χ1) is 12.3. The van der Waals surface area contributed by atoms with Crippen molar-refractivity contribution in [2.45, 2.75) is 52.2 Å². The first kappa shape index (κ1) is 18.9. The van der Waals surface area contributed by atoms with Crippen molar-refractivity contribution in [1.29, 1.82) is 0 Å². The third-order valence-electron chi connectivity index (χ3n) is 5.42. The van der Waals surface area contributed by atoms with E-state index in [0.717, 1.165) is 25.2 Å². The molecular formula is C21H30N2O3. The van der Waals surface area contributed by atoms with E-state index in [1.165, 1.54) is 6.42 Å². The van der Waals surface area contributed by atoms with E-state index in [1.54, 1.807) is 13.0 Å². The number of ether oxygens (including phenoxy) is 1. The Hall–Kier alpha value is -1.88. The van der Waals surface area contributed by atoms with Gasteiger partial charge in [0.1, 0.15) is 0 Å². The van der Waals surface area contributed by atoms with Gasteiger partial charge in [-0.1, -0.05) is 32.0 Å². The van der Waals surface area contributed by atoms with Gasteiger partial charge in [0, 0.05) is 32.1 Å². The molecule has 4 unspecified atom stereocenters. The topological polar surface area (TPSA) is 58.6 Å².